The van der Waals surface area contributed by atoms with Gasteiger partial charge < -0.3 is 4.84 Å². The van der Waals surface area contributed by atoms with Crippen LogP contribution in [-0.4, -0.2) is 6.21 Å². The molecule has 0 aromatic carbocycles. The molecular formula is C7H9NOS. The average molecular weight is 155 g/mol. The summed E-state index contributed by atoms with van der Waals surface area (Å²) in [5.74, 6) is 0. The largest absolute Gasteiger partial charge is 0.390 e. The van der Waals surface area contributed by atoms with Crippen molar-refractivity contribution in [2.75, 3.05) is 0 Å². The van der Waals surface area contributed by atoms with Gasteiger partial charge >= 0.3 is 0 Å². The molecule has 0 bridgehead atoms. The van der Waals surface area contributed by atoms with Crippen molar-refractivity contribution >= 4 is 17.6 Å². The molecular weight excluding hydrogens is 146 g/mol. The highest BCUT2D eigenvalue weighted by atomic mass is 32.1. The first-order valence-electron chi connectivity index (χ1n) is 3.06. The van der Waals surface area contributed by atoms with E-state index < -0.39 is 0 Å². The van der Waals surface area contributed by atoms with Gasteiger partial charge in [0.2, 0.25) is 0 Å². The molecule has 0 N–H and O–H groups in total. The van der Waals surface area contributed by atoms with Crippen LogP contribution in [0, 0.1) is 0 Å². The quantitative estimate of drug-likeness (QED) is 0.484. The van der Waals surface area contributed by atoms with Gasteiger partial charge in [-0.2, -0.15) is 0 Å². The van der Waals surface area contributed by atoms with E-state index in [0.29, 0.717) is 6.61 Å². The molecule has 0 saturated heterocycles. The van der Waals surface area contributed by atoms with Crippen molar-refractivity contribution in [2.45, 2.75) is 13.5 Å². The van der Waals surface area contributed by atoms with Gasteiger partial charge in [0, 0.05) is 11.1 Å². The zero-order valence-electron chi connectivity index (χ0n) is 5.78. The highest BCUT2D eigenvalue weighted by Crippen LogP contribution is 2.09. The summed E-state index contributed by atoms with van der Waals surface area (Å²) in [6.45, 7) is 2.41. The van der Waals surface area contributed by atoms with Gasteiger partial charge in [-0.25, -0.2) is 0 Å². The van der Waals surface area contributed by atoms with Crippen LogP contribution in [0.2, 0.25) is 0 Å². The summed E-state index contributed by atoms with van der Waals surface area (Å²) in [6.07, 6.45) is 1.63. The number of thiophene rings is 1. The van der Waals surface area contributed by atoms with Gasteiger partial charge in [-0.3, -0.25) is 0 Å². The van der Waals surface area contributed by atoms with E-state index >= 15 is 0 Å². The highest BCUT2D eigenvalue weighted by molar-refractivity contribution is 7.09. The number of rotatable bonds is 3. The first kappa shape index (κ1) is 7.28. The van der Waals surface area contributed by atoms with Gasteiger partial charge in [0.05, 0.1) is 0 Å². The Morgan fingerprint density at radius 2 is 2.70 bits per heavy atom. The minimum atomic E-state index is 0.585. The van der Waals surface area contributed by atoms with E-state index in [9.17, 15) is 0 Å². The Labute approximate surface area is 64.1 Å². The van der Waals surface area contributed by atoms with Crippen molar-refractivity contribution in [2.24, 2.45) is 5.16 Å². The van der Waals surface area contributed by atoms with Gasteiger partial charge in [0.15, 0.2) is 6.61 Å². The number of oxime groups is 1. The Morgan fingerprint density at radius 1 is 1.80 bits per heavy atom. The van der Waals surface area contributed by atoms with Crippen LogP contribution in [0.1, 0.15) is 11.8 Å². The first-order valence-corrected chi connectivity index (χ1v) is 3.94. The lowest BCUT2D eigenvalue weighted by atomic mass is 10.5. The van der Waals surface area contributed by atoms with Crippen molar-refractivity contribution in [1.29, 1.82) is 0 Å². The zero-order valence-corrected chi connectivity index (χ0v) is 6.60. The smallest absolute Gasteiger partial charge is 0.151 e. The van der Waals surface area contributed by atoms with Crippen molar-refractivity contribution in [1.82, 2.24) is 0 Å². The Morgan fingerprint density at radius 3 is 3.30 bits per heavy atom. The van der Waals surface area contributed by atoms with Crippen LogP contribution in [0.3, 0.4) is 0 Å². The molecule has 0 saturated carbocycles. The van der Waals surface area contributed by atoms with Crippen LogP contribution in [-0.2, 0) is 11.4 Å². The monoisotopic (exact) mass is 155 g/mol. The Balaban J connectivity index is 2.28. The predicted octanol–water partition coefficient (Wildman–Crippen LogP) is 2.27. The third-order valence-corrected chi connectivity index (χ3v) is 1.82. The van der Waals surface area contributed by atoms with Gasteiger partial charge in [0.1, 0.15) is 0 Å². The molecule has 0 spiro atoms. The molecule has 2 nitrogen and oxygen atoms in total. The van der Waals surface area contributed by atoms with Crippen LogP contribution in [0.25, 0.3) is 0 Å². The van der Waals surface area contributed by atoms with E-state index in [-0.39, 0.29) is 0 Å². The van der Waals surface area contributed by atoms with E-state index in [1.807, 2.05) is 24.4 Å². The van der Waals surface area contributed by atoms with E-state index in [0.717, 1.165) is 0 Å². The number of hydrogen-bond donors (Lipinski definition) is 0. The molecule has 0 unspecified atom stereocenters. The predicted molar refractivity (Wildman–Crippen MR) is 43.3 cm³/mol. The number of nitrogens with zero attached hydrogens (tertiary/aromatic N) is 1. The van der Waals surface area contributed by atoms with Crippen LogP contribution in [0.15, 0.2) is 22.7 Å². The molecule has 1 heterocycles. The molecule has 1 aromatic heterocycles. The fraction of sp³-hybridized carbons (Fsp3) is 0.286. The van der Waals surface area contributed by atoms with Gasteiger partial charge in [0.25, 0.3) is 0 Å². The molecule has 0 fully saturated rings. The first-order chi connectivity index (χ1) is 4.93. The van der Waals surface area contributed by atoms with E-state index in [1.54, 1.807) is 17.6 Å². The third kappa shape index (κ3) is 2.19. The van der Waals surface area contributed by atoms with Crippen LogP contribution in [0.5, 0.6) is 0 Å². The van der Waals surface area contributed by atoms with E-state index in [4.69, 9.17) is 4.84 Å². The lowest BCUT2D eigenvalue weighted by Crippen LogP contribution is -1.80. The maximum atomic E-state index is 4.91. The minimum absolute atomic E-state index is 0.585. The van der Waals surface area contributed by atoms with E-state index in [2.05, 4.69) is 5.16 Å². The van der Waals surface area contributed by atoms with Crippen molar-refractivity contribution < 1.29 is 4.84 Å². The molecule has 0 radical (unpaired) electrons. The normalized spacial score (nSPS) is 10.5. The van der Waals surface area contributed by atoms with Gasteiger partial charge in [-0.15, -0.1) is 11.3 Å². The summed E-state index contributed by atoms with van der Waals surface area (Å²) >= 11 is 1.67. The molecule has 10 heavy (non-hydrogen) atoms. The molecule has 54 valence electrons. The summed E-state index contributed by atoms with van der Waals surface area (Å²) in [7, 11) is 0. The van der Waals surface area contributed by atoms with Crippen molar-refractivity contribution in [3.63, 3.8) is 0 Å². The highest BCUT2D eigenvalue weighted by Gasteiger charge is 1.89. The van der Waals surface area contributed by atoms with Gasteiger partial charge in [-0.1, -0.05) is 11.2 Å². The van der Waals surface area contributed by atoms with Crippen molar-refractivity contribution in [3.05, 3.63) is 22.4 Å². The Bertz CT molecular complexity index is 193. The molecule has 0 amide bonds. The summed E-state index contributed by atoms with van der Waals surface area (Å²) in [4.78, 5) is 6.11. The second-order valence-electron chi connectivity index (χ2n) is 1.72. The zero-order chi connectivity index (χ0) is 7.23. The summed E-state index contributed by atoms with van der Waals surface area (Å²) in [5.41, 5.74) is 0. The molecule has 0 atom stereocenters. The van der Waals surface area contributed by atoms with Crippen molar-refractivity contribution in [3.8, 4) is 0 Å². The third-order valence-electron chi connectivity index (χ3n) is 0.967. The number of hydrogen-bond acceptors (Lipinski definition) is 3. The minimum Gasteiger partial charge on any atom is -0.390 e. The van der Waals surface area contributed by atoms with Crippen LogP contribution >= 0.6 is 11.3 Å². The topological polar surface area (TPSA) is 21.6 Å². The second-order valence-corrected chi connectivity index (χ2v) is 2.75. The fourth-order valence-electron chi connectivity index (χ4n) is 0.570. The van der Waals surface area contributed by atoms with Crippen LogP contribution in [0.4, 0.5) is 0 Å². The summed E-state index contributed by atoms with van der Waals surface area (Å²) in [5, 5.41) is 5.65. The molecule has 0 aliphatic rings. The standard InChI is InChI=1S/C7H9NOS/c1-2-8-9-6-7-4-3-5-10-7/h2-5H,6H2,1H3. The Kier molecular flexibility index (Phi) is 2.96. The molecule has 3 heteroatoms. The lowest BCUT2D eigenvalue weighted by Gasteiger charge is -1.92. The second kappa shape index (κ2) is 4.06. The molecule has 1 rings (SSSR count). The maximum Gasteiger partial charge on any atom is 0.151 e. The SMILES string of the molecule is CC=NOCc1cccs1. The van der Waals surface area contributed by atoms with Gasteiger partial charge in [-0.05, 0) is 18.4 Å². The lowest BCUT2D eigenvalue weighted by molar-refractivity contribution is 0.134. The fourth-order valence-corrected chi connectivity index (χ4v) is 1.18. The Hall–Kier alpha value is -0.830. The summed E-state index contributed by atoms with van der Waals surface area (Å²) in [6, 6.07) is 4.02. The molecule has 0 aliphatic heterocycles. The maximum absolute atomic E-state index is 4.91. The molecule has 1 aromatic rings. The van der Waals surface area contributed by atoms with Crippen LogP contribution < -0.4 is 0 Å². The van der Waals surface area contributed by atoms with E-state index in [1.165, 1.54) is 4.88 Å². The summed E-state index contributed by atoms with van der Waals surface area (Å²) < 4.78 is 0. The average Bonchev–Trinajstić information content (AvgIpc) is 2.41. The molecule has 0 aliphatic carbocycles.